The second-order valence-corrected chi connectivity index (χ2v) is 5.94. The lowest BCUT2D eigenvalue weighted by atomic mass is 10.0. The first-order valence-corrected chi connectivity index (χ1v) is 6.83. The number of hydrogen-bond donors (Lipinski definition) is 1. The molecule has 1 atom stereocenters. The zero-order valence-electron chi connectivity index (χ0n) is 10.1. The Labute approximate surface area is 112 Å². The molecule has 0 amide bonds. The summed E-state index contributed by atoms with van der Waals surface area (Å²) >= 11 is 9.63. The van der Waals surface area contributed by atoms with Crippen LogP contribution in [0.15, 0.2) is 22.7 Å². The maximum absolute atomic E-state index is 6.21. The van der Waals surface area contributed by atoms with Crippen molar-refractivity contribution in [1.82, 2.24) is 5.32 Å². The smallest absolute Gasteiger partial charge is 0.0452 e. The first kappa shape index (κ1) is 14.0. The van der Waals surface area contributed by atoms with Gasteiger partial charge in [0.15, 0.2) is 0 Å². The summed E-state index contributed by atoms with van der Waals surface area (Å²) in [5.41, 5.74) is 1.21. The van der Waals surface area contributed by atoms with E-state index in [4.69, 9.17) is 11.6 Å². The topological polar surface area (TPSA) is 12.0 Å². The van der Waals surface area contributed by atoms with Crippen LogP contribution in [-0.4, -0.2) is 13.1 Å². The molecular formula is C13H19BrClN. The highest BCUT2D eigenvalue weighted by Gasteiger charge is 2.09. The molecule has 0 aliphatic heterocycles. The van der Waals surface area contributed by atoms with Crippen molar-refractivity contribution in [3.8, 4) is 0 Å². The Morgan fingerprint density at radius 1 is 1.25 bits per heavy atom. The molecule has 0 heterocycles. The fraction of sp³-hybridized carbons (Fsp3) is 0.538. The summed E-state index contributed by atoms with van der Waals surface area (Å²) < 4.78 is 1.03. The Hall–Kier alpha value is -0.0500. The van der Waals surface area contributed by atoms with Crippen LogP contribution in [0.25, 0.3) is 0 Å². The highest BCUT2D eigenvalue weighted by molar-refractivity contribution is 9.10. The second-order valence-electron chi connectivity index (χ2n) is 4.62. The van der Waals surface area contributed by atoms with Gasteiger partial charge in [-0.3, -0.25) is 0 Å². The van der Waals surface area contributed by atoms with Gasteiger partial charge < -0.3 is 5.32 Å². The Bertz CT molecular complexity index is 339. The molecule has 3 heteroatoms. The van der Waals surface area contributed by atoms with Crippen LogP contribution in [0, 0.1) is 5.92 Å². The molecule has 0 bridgehead atoms. The average molecular weight is 305 g/mol. The van der Waals surface area contributed by atoms with Crippen molar-refractivity contribution in [3.63, 3.8) is 0 Å². The third kappa shape index (κ3) is 4.44. The van der Waals surface area contributed by atoms with Gasteiger partial charge in [-0.25, -0.2) is 0 Å². The fourth-order valence-corrected chi connectivity index (χ4v) is 2.46. The van der Waals surface area contributed by atoms with E-state index in [1.807, 2.05) is 12.1 Å². The van der Waals surface area contributed by atoms with Gasteiger partial charge in [0.2, 0.25) is 0 Å². The minimum absolute atomic E-state index is 0.444. The van der Waals surface area contributed by atoms with Crippen molar-refractivity contribution in [2.24, 2.45) is 5.92 Å². The maximum atomic E-state index is 6.21. The molecule has 1 unspecified atom stereocenters. The molecule has 1 rings (SSSR count). The van der Waals surface area contributed by atoms with Crippen LogP contribution in [0.4, 0.5) is 0 Å². The predicted octanol–water partition coefficient (Wildman–Crippen LogP) is 4.45. The maximum Gasteiger partial charge on any atom is 0.0452 e. The summed E-state index contributed by atoms with van der Waals surface area (Å²) in [6.45, 7) is 8.65. The predicted molar refractivity (Wildman–Crippen MR) is 75.3 cm³/mol. The van der Waals surface area contributed by atoms with Gasteiger partial charge in [0.05, 0.1) is 0 Å². The minimum atomic E-state index is 0.444. The van der Waals surface area contributed by atoms with E-state index < -0.39 is 0 Å². The van der Waals surface area contributed by atoms with Crippen molar-refractivity contribution in [2.75, 3.05) is 13.1 Å². The lowest BCUT2D eigenvalue weighted by Crippen LogP contribution is -2.24. The molecule has 0 aliphatic rings. The van der Waals surface area contributed by atoms with Crippen LogP contribution in [0.3, 0.4) is 0 Å². The second kappa shape index (κ2) is 6.63. The lowest BCUT2D eigenvalue weighted by molar-refractivity contribution is 0.529. The van der Waals surface area contributed by atoms with Crippen LogP contribution >= 0.6 is 27.5 Å². The van der Waals surface area contributed by atoms with Gasteiger partial charge in [0.1, 0.15) is 0 Å². The quantitative estimate of drug-likeness (QED) is 0.847. The van der Waals surface area contributed by atoms with Crippen LogP contribution in [0.5, 0.6) is 0 Å². The zero-order valence-corrected chi connectivity index (χ0v) is 12.4. The number of halogens is 2. The zero-order chi connectivity index (χ0) is 12.1. The van der Waals surface area contributed by atoms with Gasteiger partial charge in [-0.15, -0.1) is 0 Å². The standard InChI is InChI=1S/C13H19BrClN/c1-9(2)7-16-8-10(3)12-5-4-11(14)6-13(12)15/h4-6,9-10,16H,7-8H2,1-3H3. The van der Waals surface area contributed by atoms with Crippen molar-refractivity contribution < 1.29 is 0 Å². The number of rotatable bonds is 5. The summed E-state index contributed by atoms with van der Waals surface area (Å²) in [5.74, 6) is 1.13. The van der Waals surface area contributed by atoms with Crippen LogP contribution in [0.1, 0.15) is 32.3 Å². The molecule has 0 radical (unpaired) electrons. The van der Waals surface area contributed by atoms with E-state index in [2.05, 4.69) is 48.1 Å². The van der Waals surface area contributed by atoms with E-state index in [1.165, 1.54) is 5.56 Å². The minimum Gasteiger partial charge on any atom is -0.316 e. The Morgan fingerprint density at radius 3 is 2.50 bits per heavy atom. The summed E-state index contributed by atoms with van der Waals surface area (Å²) in [5, 5.41) is 4.30. The Kier molecular flexibility index (Phi) is 5.81. The molecule has 1 nitrogen and oxygen atoms in total. The van der Waals surface area contributed by atoms with E-state index in [0.29, 0.717) is 11.8 Å². The van der Waals surface area contributed by atoms with Gasteiger partial charge in [-0.2, -0.15) is 0 Å². The van der Waals surface area contributed by atoms with Gasteiger partial charge in [0, 0.05) is 16.0 Å². The number of hydrogen-bond acceptors (Lipinski definition) is 1. The molecule has 90 valence electrons. The monoisotopic (exact) mass is 303 g/mol. The molecule has 16 heavy (non-hydrogen) atoms. The average Bonchev–Trinajstić information content (AvgIpc) is 2.16. The molecule has 1 aromatic carbocycles. The van der Waals surface area contributed by atoms with Gasteiger partial charge in [-0.05, 0) is 36.1 Å². The molecule has 1 N–H and O–H groups in total. The molecule has 0 fully saturated rings. The van der Waals surface area contributed by atoms with Crippen LogP contribution in [0.2, 0.25) is 5.02 Å². The highest BCUT2D eigenvalue weighted by Crippen LogP contribution is 2.27. The van der Waals surface area contributed by atoms with E-state index in [0.717, 1.165) is 22.6 Å². The fourth-order valence-electron chi connectivity index (χ4n) is 1.60. The molecule has 1 aromatic rings. The van der Waals surface area contributed by atoms with E-state index in [-0.39, 0.29) is 0 Å². The van der Waals surface area contributed by atoms with Crippen molar-refractivity contribution in [3.05, 3.63) is 33.3 Å². The van der Waals surface area contributed by atoms with Crippen LogP contribution in [-0.2, 0) is 0 Å². The summed E-state index contributed by atoms with van der Waals surface area (Å²) in [6, 6.07) is 6.09. The highest BCUT2D eigenvalue weighted by atomic mass is 79.9. The van der Waals surface area contributed by atoms with Gasteiger partial charge in [0.25, 0.3) is 0 Å². The van der Waals surface area contributed by atoms with E-state index in [1.54, 1.807) is 0 Å². The van der Waals surface area contributed by atoms with Gasteiger partial charge in [-0.1, -0.05) is 54.4 Å². The molecule has 0 aliphatic carbocycles. The first-order valence-electron chi connectivity index (χ1n) is 5.66. The third-order valence-electron chi connectivity index (χ3n) is 2.50. The summed E-state index contributed by atoms with van der Waals surface area (Å²) in [7, 11) is 0. The summed E-state index contributed by atoms with van der Waals surface area (Å²) in [6.07, 6.45) is 0. The lowest BCUT2D eigenvalue weighted by Gasteiger charge is -2.15. The van der Waals surface area contributed by atoms with Gasteiger partial charge >= 0.3 is 0 Å². The van der Waals surface area contributed by atoms with E-state index in [9.17, 15) is 0 Å². The van der Waals surface area contributed by atoms with Crippen LogP contribution < -0.4 is 5.32 Å². The third-order valence-corrected chi connectivity index (χ3v) is 3.32. The molecule has 0 aromatic heterocycles. The number of nitrogens with one attached hydrogen (secondary N) is 1. The first-order chi connectivity index (χ1) is 7.50. The molecular weight excluding hydrogens is 286 g/mol. The Morgan fingerprint density at radius 2 is 1.94 bits per heavy atom. The largest absolute Gasteiger partial charge is 0.316 e. The van der Waals surface area contributed by atoms with E-state index >= 15 is 0 Å². The number of benzene rings is 1. The SMILES string of the molecule is CC(C)CNCC(C)c1ccc(Br)cc1Cl. The summed E-state index contributed by atoms with van der Waals surface area (Å²) in [4.78, 5) is 0. The molecule has 0 saturated carbocycles. The molecule has 0 spiro atoms. The Balaban J connectivity index is 2.55. The van der Waals surface area contributed by atoms with Crippen molar-refractivity contribution in [1.29, 1.82) is 0 Å². The van der Waals surface area contributed by atoms with Crippen molar-refractivity contribution in [2.45, 2.75) is 26.7 Å². The molecule has 0 saturated heterocycles. The van der Waals surface area contributed by atoms with Crippen molar-refractivity contribution >= 4 is 27.5 Å². The normalized spacial score (nSPS) is 13.1.